The maximum absolute atomic E-state index is 13.5. The molecule has 3 aromatic rings. The van der Waals surface area contributed by atoms with Crippen molar-refractivity contribution >= 4 is 31.6 Å². The zero-order valence-corrected chi connectivity index (χ0v) is 16.8. The second kappa shape index (κ2) is 6.88. The van der Waals surface area contributed by atoms with E-state index in [4.69, 9.17) is 4.52 Å². The SMILES string of the molecule is Cc1cc(C2CCCCCN2S(=O)(=O)c2ccc3c(c2)sc(=O)n3C)no1. The average Bonchev–Trinajstić information content (AvgIpc) is 3.07. The Labute approximate surface area is 161 Å². The zero-order chi connectivity index (χ0) is 19.2. The number of nitrogens with zero attached hydrogens (tertiary/aromatic N) is 3. The first-order valence-corrected chi connectivity index (χ1v) is 11.2. The van der Waals surface area contributed by atoms with Crippen LogP contribution in [-0.2, 0) is 17.1 Å². The number of aryl methyl sites for hydroxylation is 2. The summed E-state index contributed by atoms with van der Waals surface area (Å²) in [6, 6.07) is 6.37. The van der Waals surface area contributed by atoms with Crippen LogP contribution in [0.3, 0.4) is 0 Å². The molecule has 0 spiro atoms. The van der Waals surface area contributed by atoms with E-state index < -0.39 is 10.0 Å². The van der Waals surface area contributed by atoms with Gasteiger partial charge in [0.15, 0.2) is 0 Å². The van der Waals surface area contributed by atoms with E-state index in [1.807, 2.05) is 6.07 Å². The number of aromatic nitrogens is 2. The number of rotatable bonds is 3. The number of sulfonamides is 1. The first-order chi connectivity index (χ1) is 12.9. The van der Waals surface area contributed by atoms with Crippen LogP contribution in [0.2, 0.25) is 0 Å². The fourth-order valence-corrected chi connectivity index (χ4v) is 6.31. The highest BCUT2D eigenvalue weighted by molar-refractivity contribution is 7.89. The molecular formula is C18H21N3O4S2. The van der Waals surface area contributed by atoms with Gasteiger partial charge in [-0.3, -0.25) is 4.79 Å². The van der Waals surface area contributed by atoms with Crippen LogP contribution in [-0.4, -0.2) is 29.0 Å². The van der Waals surface area contributed by atoms with Crippen LogP contribution in [0.1, 0.15) is 43.2 Å². The van der Waals surface area contributed by atoms with Gasteiger partial charge in [-0.15, -0.1) is 0 Å². The Kier molecular flexibility index (Phi) is 4.69. The smallest absolute Gasteiger partial charge is 0.307 e. The van der Waals surface area contributed by atoms with Gasteiger partial charge in [-0.2, -0.15) is 4.31 Å². The highest BCUT2D eigenvalue weighted by Crippen LogP contribution is 2.35. The lowest BCUT2D eigenvalue weighted by molar-refractivity contribution is 0.304. The minimum atomic E-state index is -3.72. The predicted octanol–water partition coefficient (Wildman–Crippen LogP) is 3.20. The number of fused-ring (bicyclic) bond motifs is 1. The molecule has 0 N–H and O–H groups in total. The van der Waals surface area contributed by atoms with Gasteiger partial charge >= 0.3 is 4.87 Å². The monoisotopic (exact) mass is 407 g/mol. The van der Waals surface area contributed by atoms with Crippen molar-refractivity contribution in [2.45, 2.75) is 43.5 Å². The van der Waals surface area contributed by atoms with E-state index in [-0.39, 0.29) is 15.8 Å². The third kappa shape index (κ3) is 3.24. The molecular weight excluding hydrogens is 386 g/mol. The first kappa shape index (κ1) is 18.4. The van der Waals surface area contributed by atoms with E-state index in [2.05, 4.69) is 5.16 Å². The van der Waals surface area contributed by atoms with Crippen molar-refractivity contribution in [3.63, 3.8) is 0 Å². The van der Waals surface area contributed by atoms with E-state index in [1.165, 1.54) is 4.57 Å². The summed E-state index contributed by atoms with van der Waals surface area (Å²) in [5, 5.41) is 4.08. The van der Waals surface area contributed by atoms with Crippen LogP contribution in [0, 0.1) is 6.92 Å². The predicted molar refractivity (Wildman–Crippen MR) is 103 cm³/mol. The van der Waals surface area contributed by atoms with E-state index >= 15 is 0 Å². The molecule has 0 radical (unpaired) electrons. The topological polar surface area (TPSA) is 85.4 Å². The van der Waals surface area contributed by atoms with Crippen molar-refractivity contribution in [1.82, 2.24) is 14.0 Å². The molecule has 27 heavy (non-hydrogen) atoms. The van der Waals surface area contributed by atoms with Gasteiger partial charge in [0.05, 0.1) is 21.2 Å². The zero-order valence-electron chi connectivity index (χ0n) is 15.2. The summed E-state index contributed by atoms with van der Waals surface area (Å²) in [5.41, 5.74) is 1.40. The molecule has 1 unspecified atom stereocenters. The van der Waals surface area contributed by atoms with Crippen LogP contribution >= 0.6 is 11.3 Å². The van der Waals surface area contributed by atoms with Gasteiger partial charge in [0.25, 0.3) is 0 Å². The summed E-state index contributed by atoms with van der Waals surface area (Å²) >= 11 is 1.06. The van der Waals surface area contributed by atoms with Gasteiger partial charge in [-0.1, -0.05) is 29.3 Å². The molecule has 3 heterocycles. The van der Waals surface area contributed by atoms with E-state index in [1.54, 1.807) is 36.5 Å². The molecule has 144 valence electrons. The van der Waals surface area contributed by atoms with Gasteiger partial charge in [0.1, 0.15) is 11.5 Å². The standard InChI is InChI=1S/C18H21N3O4S2/c1-12-10-14(19-25-12)15-6-4-3-5-9-21(15)27(23,24)13-7-8-16-17(11-13)26-18(22)20(16)2/h7-8,10-11,15H,3-6,9H2,1-2H3. The van der Waals surface area contributed by atoms with Crippen LogP contribution < -0.4 is 4.87 Å². The lowest BCUT2D eigenvalue weighted by Gasteiger charge is -2.27. The minimum Gasteiger partial charge on any atom is -0.361 e. The van der Waals surface area contributed by atoms with Crippen molar-refractivity contribution < 1.29 is 12.9 Å². The fourth-order valence-electron chi connectivity index (χ4n) is 3.62. The highest BCUT2D eigenvalue weighted by Gasteiger charge is 2.35. The number of hydrogen-bond acceptors (Lipinski definition) is 6. The van der Waals surface area contributed by atoms with E-state index in [9.17, 15) is 13.2 Å². The molecule has 1 atom stereocenters. The highest BCUT2D eigenvalue weighted by atomic mass is 32.2. The Morgan fingerprint density at radius 2 is 2.04 bits per heavy atom. The number of benzene rings is 1. The Balaban J connectivity index is 1.79. The molecule has 7 nitrogen and oxygen atoms in total. The van der Waals surface area contributed by atoms with Crippen LogP contribution in [0.5, 0.6) is 0 Å². The quantitative estimate of drug-likeness (QED) is 0.666. The summed E-state index contributed by atoms with van der Waals surface area (Å²) in [6.07, 6.45) is 3.46. The molecule has 1 fully saturated rings. The first-order valence-electron chi connectivity index (χ1n) is 8.92. The Hall–Kier alpha value is -1.97. The third-order valence-corrected chi connectivity index (χ3v) is 7.96. The minimum absolute atomic E-state index is 0.106. The molecule has 1 saturated heterocycles. The largest absolute Gasteiger partial charge is 0.361 e. The molecule has 4 rings (SSSR count). The van der Waals surface area contributed by atoms with Crippen molar-refractivity contribution in [1.29, 1.82) is 0 Å². The van der Waals surface area contributed by atoms with E-state index in [0.29, 0.717) is 29.1 Å². The molecule has 1 aliphatic rings. The molecule has 0 amide bonds. The number of thiazole rings is 1. The van der Waals surface area contributed by atoms with E-state index in [0.717, 1.165) is 36.1 Å². The summed E-state index contributed by atoms with van der Waals surface area (Å²) < 4.78 is 35.8. The Bertz CT molecular complexity index is 1140. The summed E-state index contributed by atoms with van der Waals surface area (Å²) in [4.78, 5) is 12.0. The van der Waals surface area contributed by atoms with Crippen LogP contribution in [0.15, 0.2) is 38.5 Å². The van der Waals surface area contributed by atoms with Crippen LogP contribution in [0.4, 0.5) is 0 Å². The molecule has 1 aromatic carbocycles. The molecule has 1 aliphatic heterocycles. The van der Waals surface area contributed by atoms with Crippen molar-refractivity contribution in [2.75, 3.05) is 6.54 Å². The normalized spacial score (nSPS) is 19.4. The Morgan fingerprint density at radius 3 is 2.78 bits per heavy atom. The maximum atomic E-state index is 13.5. The van der Waals surface area contributed by atoms with Gasteiger partial charge in [0, 0.05) is 19.7 Å². The van der Waals surface area contributed by atoms with Gasteiger partial charge in [-0.25, -0.2) is 8.42 Å². The maximum Gasteiger partial charge on any atom is 0.307 e. The molecule has 0 saturated carbocycles. The van der Waals surface area contributed by atoms with Crippen molar-refractivity contribution in [3.8, 4) is 0 Å². The van der Waals surface area contributed by atoms with Gasteiger partial charge in [0.2, 0.25) is 10.0 Å². The lowest BCUT2D eigenvalue weighted by atomic mass is 10.1. The second-order valence-corrected chi connectivity index (χ2v) is 9.78. The third-order valence-electron chi connectivity index (χ3n) is 5.06. The number of hydrogen-bond donors (Lipinski definition) is 0. The average molecular weight is 408 g/mol. The summed E-state index contributed by atoms with van der Waals surface area (Å²) in [7, 11) is -2.03. The fraction of sp³-hybridized carbons (Fsp3) is 0.444. The summed E-state index contributed by atoms with van der Waals surface area (Å²) in [6.45, 7) is 2.25. The molecule has 9 heteroatoms. The van der Waals surface area contributed by atoms with Crippen LogP contribution in [0.25, 0.3) is 10.2 Å². The lowest BCUT2D eigenvalue weighted by Crippen LogP contribution is -2.35. The molecule has 2 aromatic heterocycles. The van der Waals surface area contributed by atoms with Crippen molar-refractivity contribution in [3.05, 3.63) is 45.4 Å². The van der Waals surface area contributed by atoms with Gasteiger partial charge in [-0.05, 0) is 38.0 Å². The Morgan fingerprint density at radius 1 is 1.22 bits per heavy atom. The molecule has 0 bridgehead atoms. The van der Waals surface area contributed by atoms with Gasteiger partial charge < -0.3 is 9.09 Å². The summed E-state index contributed by atoms with van der Waals surface area (Å²) in [5.74, 6) is 0.669. The van der Waals surface area contributed by atoms with Crippen molar-refractivity contribution in [2.24, 2.45) is 7.05 Å². The second-order valence-electron chi connectivity index (χ2n) is 6.90. The molecule has 0 aliphatic carbocycles.